The fraction of sp³-hybridized carbons (Fsp3) is 0.455. The molecule has 2 aromatic rings. The highest BCUT2D eigenvalue weighted by Gasteiger charge is 2.36. The molecule has 0 spiro atoms. The molecule has 2 amide bonds. The highest BCUT2D eigenvalue weighted by atomic mass is 32.2. The molecule has 0 saturated carbocycles. The number of piperidine rings is 1. The Morgan fingerprint density at radius 1 is 1.18 bits per heavy atom. The van der Waals surface area contributed by atoms with Crippen LogP contribution in [0.3, 0.4) is 0 Å². The molecule has 0 aliphatic carbocycles. The van der Waals surface area contributed by atoms with Crippen molar-refractivity contribution < 1.29 is 18.3 Å². The quantitative estimate of drug-likeness (QED) is 0.295. The van der Waals surface area contributed by atoms with E-state index in [1.165, 1.54) is 22.9 Å². The van der Waals surface area contributed by atoms with Gasteiger partial charge >= 0.3 is 6.03 Å². The lowest BCUT2D eigenvalue weighted by molar-refractivity contribution is 0.128. The first-order valence-electron chi connectivity index (χ1n) is 11.2. The number of aliphatic hydroxyl groups excluding tert-OH is 1. The van der Waals surface area contributed by atoms with Crippen LogP contribution < -0.4 is 10.6 Å². The van der Waals surface area contributed by atoms with Gasteiger partial charge in [-0.2, -0.15) is 4.31 Å². The summed E-state index contributed by atoms with van der Waals surface area (Å²) in [6.07, 6.45) is 3.87. The van der Waals surface area contributed by atoms with Crippen LogP contribution in [-0.2, 0) is 10.0 Å². The van der Waals surface area contributed by atoms with Gasteiger partial charge in [-0.25, -0.2) is 23.2 Å². The van der Waals surface area contributed by atoms with Crippen molar-refractivity contribution in [1.82, 2.24) is 19.2 Å². The van der Waals surface area contributed by atoms with Crippen LogP contribution in [-0.4, -0.2) is 83.9 Å². The normalized spacial score (nSPS) is 20.5. The molecule has 1 atom stereocenters. The molecule has 1 unspecified atom stereocenters. The third-order valence-electron chi connectivity index (χ3n) is 6.36. The monoisotopic (exact) mass is 487 g/mol. The second-order valence-electron chi connectivity index (χ2n) is 8.71. The second-order valence-corrected chi connectivity index (χ2v) is 10.6. The zero-order valence-electron chi connectivity index (χ0n) is 18.7. The van der Waals surface area contributed by atoms with Gasteiger partial charge in [-0.1, -0.05) is 12.1 Å². The summed E-state index contributed by atoms with van der Waals surface area (Å²) in [7, 11) is -3.67. The number of nitrogen functional groups attached to an aromatic ring is 1. The molecular formula is C22H29N7O4S. The zero-order valence-corrected chi connectivity index (χ0v) is 19.6. The van der Waals surface area contributed by atoms with Crippen molar-refractivity contribution in [3.8, 4) is 0 Å². The van der Waals surface area contributed by atoms with Crippen molar-refractivity contribution in [3.63, 3.8) is 0 Å². The Morgan fingerprint density at radius 3 is 2.59 bits per heavy atom. The lowest BCUT2D eigenvalue weighted by atomic mass is 9.96. The van der Waals surface area contributed by atoms with Crippen molar-refractivity contribution in [1.29, 1.82) is 5.41 Å². The minimum atomic E-state index is -3.67. The number of amides is 2. The summed E-state index contributed by atoms with van der Waals surface area (Å²) in [5, 5.41) is 17.5. The fourth-order valence-corrected chi connectivity index (χ4v) is 5.86. The molecule has 182 valence electrons. The van der Waals surface area contributed by atoms with Crippen molar-refractivity contribution in [2.45, 2.75) is 17.9 Å². The molecular weight excluding hydrogens is 458 g/mol. The molecule has 1 aromatic heterocycles. The number of urea groups is 1. The summed E-state index contributed by atoms with van der Waals surface area (Å²) in [6, 6.07) is 8.18. The van der Waals surface area contributed by atoms with Crippen molar-refractivity contribution >= 4 is 27.6 Å². The number of hydrogen-bond acceptors (Lipinski definition) is 7. The number of nitrogens with two attached hydrogens (primary N) is 1. The van der Waals surface area contributed by atoms with Gasteiger partial charge in [-0.05, 0) is 37.0 Å². The van der Waals surface area contributed by atoms with Crippen LogP contribution in [0.5, 0.6) is 0 Å². The molecule has 0 radical (unpaired) electrons. The average molecular weight is 488 g/mol. The summed E-state index contributed by atoms with van der Waals surface area (Å²) >= 11 is 0. The Kier molecular flexibility index (Phi) is 7.10. The molecule has 12 heteroatoms. The Hall–Kier alpha value is -3.09. The maximum Gasteiger partial charge on any atom is 0.324 e. The van der Waals surface area contributed by atoms with E-state index in [0.717, 1.165) is 0 Å². The van der Waals surface area contributed by atoms with Gasteiger partial charge in [-0.3, -0.25) is 10.3 Å². The minimum absolute atomic E-state index is 0.0126. The largest absolute Gasteiger partial charge is 0.396 e. The van der Waals surface area contributed by atoms with E-state index < -0.39 is 10.0 Å². The third kappa shape index (κ3) is 5.03. The van der Waals surface area contributed by atoms with Gasteiger partial charge < -0.3 is 15.7 Å². The van der Waals surface area contributed by atoms with E-state index in [-0.39, 0.29) is 35.3 Å². The molecule has 2 fully saturated rings. The number of carbonyl (C=O) groups excluding carboxylic acids is 1. The average Bonchev–Trinajstić information content (AvgIpc) is 2.86. The first-order chi connectivity index (χ1) is 16.3. The van der Waals surface area contributed by atoms with E-state index in [1.54, 1.807) is 34.1 Å². The lowest BCUT2D eigenvalue weighted by Crippen LogP contribution is -2.56. The Morgan fingerprint density at radius 2 is 1.94 bits per heavy atom. The summed E-state index contributed by atoms with van der Waals surface area (Å²) in [5.74, 6) is -0.0499. The summed E-state index contributed by atoms with van der Waals surface area (Å²) < 4.78 is 27.0. The van der Waals surface area contributed by atoms with E-state index in [1.807, 2.05) is 0 Å². The predicted molar refractivity (Wildman–Crippen MR) is 126 cm³/mol. The second kappa shape index (κ2) is 10.0. The molecule has 2 aliphatic heterocycles. The van der Waals surface area contributed by atoms with Gasteiger partial charge in [0.1, 0.15) is 12.2 Å². The van der Waals surface area contributed by atoms with Crippen molar-refractivity contribution in [3.05, 3.63) is 48.4 Å². The lowest BCUT2D eigenvalue weighted by Gasteiger charge is -2.42. The van der Waals surface area contributed by atoms with E-state index in [0.29, 0.717) is 56.8 Å². The number of nitrogens with one attached hydrogen (secondary N) is 1. The van der Waals surface area contributed by atoms with E-state index in [2.05, 4.69) is 9.97 Å². The van der Waals surface area contributed by atoms with E-state index in [9.17, 15) is 18.3 Å². The number of amidine groups is 1. The van der Waals surface area contributed by atoms with Crippen molar-refractivity contribution in [2.24, 2.45) is 17.6 Å². The van der Waals surface area contributed by atoms with Gasteiger partial charge in [-0.15, -0.1) is 0 Å². The number of anilines is 1. The minimum Gasteiger partial charge on any atom is -0.396 e. The van der Waals surface area contributed by atoms with Gasteiger partial charge in [0.15, 0.2) is 5.03 Å². The van der Waals surface area contributed by atoms with Gasteiger partial charge in [0.25, 0.3) is 10.0 Å². The smallest absolute Gasteiger partial charge is 0.324 e. The van der Waals surface area contributed by atoms with E-state index in [4.69, 9.17) is 11.1 Å². The maximum atomic E-state index is 13.3. The number of carbonyl (C=O) groups is 1. The van der Waals surface area contributed by atoms with Crippen LogP contribution in [0.25, 0.3) is 0 Å². The topological polar surface area (TPSA) is 157 Å². The highest BCUT2D eigenvalue weighted by molar-refractivity contribution is 7.89. The first kappa shape index (κ1) is 24.0. The number of aliphatic hydroxyl groups is 1. The molecule has 34 heavy (non-hydrogen) atoms. The van der Waals surface area contributed by atoms with Crippen LogP contribution in [0.15, 0.2) is 47.9 Å². The molecule has 0 bridgehead atoms. The number of nitrogens with zero attached hydrogens (tertiary/aromatic N) is 5. The van der Waals surface area contributed by atoms with Gasteiger partial charge in [0.05, 0.1) is 0 Å². The summed E-state index contributed by atoms with van der Waals surface area (Å²) in [6.45, 7) is 1.96. The fourth-order valence-electron chi connectivity index (χ4n) is 4.49. The Balaban J connectivity index is 1.43. The standard InChI is InChI=1S/C22H29N7O4S/c23-21(24)18-2-1-3-19(10-18)29-13-17(14-30)12-27(22(29)31)11-16-5-8-28(9-6-16)34(32,33)20-4-7-25-15-26-20/h1-4,7,10,15-17,30H,5-6,8-9,11-14H2,(H3,23,24). The third-order valence-corrected chi connectivity index (χ3v) is 8.17. The summed E-state index contributed by atoms with van der Waals surface area (Å²) in [5.41, 5.74) is 6.76. The highest BCUT2D eigenvalue weighted by Crippen LogP contribution is 2.28. The number of sulfonamides is 1. The number of benzene rings is 1. The van der Waals surface area contributed by atoms with Crippen LogP contribution in [0.4, 0.5) is 10.5 Å². The maximum absolute atomic E-state index is 13.3. The zero-order chi connectivity index (χ0) is 24.3. The number of rotatable bonds is 7. The van der Waals surface area contributed by atoms with Crippen LogP contribution in [0, 0.1) is 17.2 Å². The molecule has 4 N–H and O–H groups in total. The van der Waals surface area contributed by atoms with Gasteiger partial charge in [0, 0.05) is 62.7 Å². The summed E-state index contributed by atoms with van der Waals surface area (Å²) in [4.78, 5) is 24.3. The van der Waals surface area contributed by atoms with Crippen LogP contribution >= 0.6 is 0 Å². The van der Waals surface area contributed by atoms with E-state index >= 15 is 0 Å². The molecule has 11 nitrogen and oxygen atoms in total. The number of hydrogen-bond donors (Lipinski definition) is 3. The van der Waals surface area contributed by atoms with Crippen LogP contribution in [0.1, 0.15) is 18.4 Å². The molecule has 1 aromatic carbocycles. The van der Waals surface area contributed by atoms with Crippen LogP contribution in [0.2, 0.25) is 0 Å². The SMILES string of the molecule is N=C(N)c1cccc(N2CC(CO)CN(CC3CCN(S(=O)(=O)c4ccncn4)CC3)C2=O)c1. The van der Waals surface area contributed by atoms with Crippen molar-refractivity contribution in [2.75, 3.05) is 44.2 Å². The predicted octanol–water partition coefficient (Wildman–Crippen LogP) is 0.712. The Bertz CT molecular complexity index is 1140. The molecule has 2 saturated heterocycles. The first-order valence-corrected chi connectivity index (χ1v) is 12.6. The number of aromatic nitrogens is 2. The molecule has 3 heterocycles. The molecule has 2 aliphatic rings. The Labute approximate surface area is 198 Å². The van der Waals surface area contributed by atoms with Gasteiger partial charge in [0.2, 0.25) is 0 Å². The molecule has 4 rings (SSSR count).